The maximum atomic E-state index is 10.7. The lowest BCUT2D eigenvalue weighted by Crippen LogP contribution is -2.29. The van der Waals surface area contributed by atoms with E-state index in [1.807, 2.05) is 0 Å². The van der Waals surface area contributed by atoms with Crippen LogP contribution < -0.4 is 0 Å². The SMILES string of the molecule is CCCCCC1(c2ccc(CCCC(=O)O)c(C)c2)CCCCC1. The Morgan fingerprint density at radius 2 is 1.88 bits per heavy atom. The molecule has 1 aromatic rings. The quantitative estimate of drug-likeness (QED) is 0.548. The van der Waals surface area contributed by atoms with E-state index in [1.54, 1.807) is 0 Å². The van der Waals surface area contributed by atoms with Crippen LogP contribution in [0.3, 0.4) is 0 Å². The third-order valence-electron chi connectivity index (χ3n) is 5.86. The summed E-state index contributed by atoms with van der Waals surface area (Å²) < 4.78 is 0. The number of rotatable bonds is 9. The lowest BCUT2D eigenvalue weighted by molar-refractivity contribution is -0.137. The smallest absolute Gasteiger partial charge is 0.303 e. The maximum Gasteiger partial charge on any atom is 0.303 e. The fraction of sp³-hybridized carbons (Fsp3) is 0.682. The molecule has 0 radical (unpaired) electrons. The molecule has 0 amide bonds. The number of benzene rings is 1. The van der Waals surface area contributed by atoms with E-state index >= 15 is 0 Å². The van der Waals surface area contributed by atoms with Crippen LogP contribution in [0.1, 0.15) is 94.2 Å². The van der Waals surface area contributed by atoms with Gasteiger partial charge in [-0.05, 0) is 61.1 Å². The lowest BCUT2D eigenvalue weighted by atomic mass is 9.66. The second kappa shape index (κ2) is 9.25. The van der Waals surface area contributed by atoms with E-state index < -0.39 is 5.97 Å². The minimum atomic E-state index is -0.693. The van der Waals surface area contributed by atoms with Crippen molar-refractivity contribution in [1.29, 1.82) is 0 Å². The molecule has 1 aliphatic carbocycles. The van der Waals surface area contributed by atoms with Crippen LogP contribution in [0.15, 0.2) is 18.2 Å². The van der Waals surface area contributed by atoms with E-state index in [2.05, 4.69) is 32.0 Å². The van der Waals surface area contributed by atoms with Gasteiger partial charge < -0.3 is 5.11 Å². The van der Waals surface area contributed by atoms with Crippen molar-refractivity contribution < 1.29 is 9.90 Å². The second-order valence-electron chi connectivity index (χ2n) is 7.69. The molecule has 0 saturated heterocycles. The first kappa shape index (κ1) is 19.0. The topological polar surface area (TPSA) is 37.3 Å². The molecular weight excluding hydrogens is 296 g/mol. The van der Waals surface area contributed by atoms with Gasteiger partial charge in [0.15, 0.2) is 0 Å². The van der Waals surface area contributed by atoms with E-state index in [4.69, 9.17) is 5.11 Å². The Labute approximate surface area is 147 Å². The molecule has 0 aromatic heterocycles. The van der Waals surface area contributed by atoms with Crippen molar-refractivity contribution in [3.05, 3.63) is 34.9 Å². The Kier molecular flexibility index (Phi) is 7.33. The summed E-state index contributed by atoms with van der Waals surface area (Å²) in [4.78, 5) is 10.7. The van der Waals surface area contributed by atoms with Crippen LogP contribution >= 0.6 is 0 Å². The Morgan fingerprint density at radius 1 is 1.12 bits per heavy atom. The molecule has 0 heterocycles. The predicted octanol–water partition coefficient (Wildman–Crippen LogP) is 6.18. The highest BCUT2D eigenvalue weighted by atomic mass is 16.4. The number of carboxylic acids is 1. The Hall–Kier alpha value is -1.31. The number of carboxylic acid groups (broad SMARTS) is 1. The summed E-state index contributed by atoms with van der Waals surface area (Å²) in [5, 5.41) is 8.81. The van der Waals surface area contributed by atoms with E-state index in [9.17, 15) is 4.79 Å². The fourth-order valence-electron chi connectivity index (χ4n) is 4.36. The zero-order valence-corrected chi connectivity index (χ0v) is 15.6. The molecule has 134 valence electrons. The molecule has 1 aromatic carbocycles. The molecule has 0 unspecified atom stereocenters. The predicted molar refractivity (Wildman–Crippen MR) is 101 cm³/mol. The Morgan fingerprint density at radius 3 is 2.50 bits per heavy atom. The summed E-state index contributed by atoms with van der Waals surface area (Å²) in [6.45, 7) is 4.48. The first-order valence-corrected chi connectivity index (χ1v) is 9.89. The first-order chi connectivity index (χ1) is 11.6. The molecule has 1 aliphatic rings. The molecule has 1 saturated carbocycles. The summed E-state index contributed by atoms with van der Waals surface area (Å²) in [5.74, 6) is -0.693. The Bertz CT molecular complexity index is 527. The van der Waals surface area contributed by atoms with Crippen LogP contribution in [0, 0.1) is 6.92 Å². The van der Waals surface area contributed by atoms with Crippen molar-refractivity contribution in [2.45, 2.75) is 96.3 Å². The van der Waals surface area contributed by atoms with Gasteiger partial charge in [-0.2, -0.15) is 0 Å². The van der Waals surface area contributed by atoms with Crippen molar-refractivity contribution in [3.63, 3.8) is 0 Å². The first-order valence-electron chi connectivity index (χ1n) is 9.89. The van der Waals surface area contributed by atoms with E-state index in [1.165, 1.54) is 74.5 Å². The lowest BCUT2D eigenvalue weighted by Gasteiger charge is -2.38. The molecular formula is C22H34O2. The van der Waals surface area contributed by atoms with Crippen molar-refractivity contribution in [3.8, 4) is 0 Å². The highest BCUT2D eigenvalue weighted by Crippen LogP contribution is 2.43. The summed E-state index contributed by atoms with van der Waals surface area (Å²) in [6, 6.07) is 7.02. The van der Waals surface area contributed by atoms with E-state index in [0.29, 0.717) is 5.41 Å². The average Bonchev–Trinajstić information content (AvgIpc) is 2.57. The van der Waals surface area contributed by atoms with Crippen molar-refractivity contribution in [1.82, 2.24) is 0 Å². The summed E-state index contributed by atoms with van der Waals surface area (Å²) in [5.41, 5.74) is 4.60. The van der Waals surface area contributed by atoms with Crippen LogP contribution in [0.2, 0.25) is 0 Å². The zero-order chi connectivity index (χ0) is 17.4. The second-order valence-corrected chi connectivity index (χ2v) is 7.69. The minimum absolute atomic E-state index is 0.266. The third-order valence-corrected chi connectivity index (χ3v) is 5.86. The summed E-state index contributed by atoms with van der Waals surface area (Å²) in [6.07, 6.45) is 14.0. The molecule has 0 atom stereocenters. The van der Waals surface area contributed by atoms with Gasteiger partial charge in [0, 0.05) is 6.42 Å². The Balaban J connectivity index is 2.11. The highest BCUT2D eigenvalue weighted by Gasteiger charge is 2.33. The molecule has 0 spiro atoms. The molecule has 2 nitrogen and oxygen atoms in total. The summed E-state index contributed by atoms with van der Waals surface area (Å²) >= 11 is 0. The van der Waals surface area contributed by atoms with Crippen LogP contribution in [0.25, 0.3) is 0 Å². The fourth-order valence-corrected chi connectivity index (χ4v) is 4.36. The number of hydrogen-bond donors (Lipinski definition) is 1. The molecule has 1 N–H and O–H groups in total. The van der Waals surface area contributed by atoms with E-state index in [-0.39, 0.29) is 6.42 Å². The van der Waals surface area contributed by atoms with Crippen molar-refractivity contribution in [2.24, 2.45) is 0 Å². The van der Waals surface area contributed by atoms with Crippen LogP contribution in [0.5, 0.6) is 0 Å². The molecule has 24 heavy (non-hydrogen) atoms. The minimum Gasteiger partial charge on any atom is -0.481 e. The molecule has 0 aliphatic heterocycles. The van der Waals surface area contributed by atoms with Gasteiger partial charge in [-0.15, -0.1) is 0 Å². The molecule has 0 bridgehead atoms. The number of hydrogen-bond acceptors (Lipinski definition) is 1. The van der Waals surface area contributed by atoms with Gasteiger partial charge in [0.2, 0.25) is 0 Å². The summed E-state index contributed by atoms with van der Waals surface area (Å²) in [7, 11) is 0. The highest BCUT2D eigenvalue weighted by molar-refractivity contribution is 5.66. The largest absolute Gasteiger partial charge is 0.481 e. The van der Waals surface area contributed by atoms with Gasteiger partial charge in [0.25, 0.3) is 0 Å². The van der Waals surface area contributed by atoms with Gasteiger partial charge in [-0.25, -0.2) is 0 Å². The number of aliphatic carboxylic acids is 1. The van der Waals surface area contributed by atoms with Gasteiger partial charge in [0.05, 0.1) is 0 Å². The standard InChI is InChI=1S/C22H34O2/c1-3-4-6-14-22(15-7-5-8-16-22)20-13-12-19(18(2)17-20)10-9-11-21(23)24/h12-13,17H,3-11,14-16H2,1-2H3,(H,23,24). The number of aryl methyl sites for hydroxylation is 2. The maximum absolute atomic E-state index is 10.7. The molecule has 2 heteroatoms. The molecule has 2 rings (SSSR count). The molecule has 1 fully saturated rings. The monoisotopic (exact) mass is 330 g/mol. The normalized spacial score (nSPS) is 16.9. The number of carbonyl (C=O) groups is 1. The van der Waals surface area contributed by atoms with Gasteiger partial charge in [-0.1, -0.05) is 63.6 Å². The van der Waals surface area contributed by atoms with Crippen molar-refractivity contribution in [2.75, 3.05) is 0 Å². The third kappa shape index (κ3) is 5.09. The van der Waals surface area contributed by atoms with Gasteiger partial charge >= 0.3 is 5.97 Å². The van der Waals surface area contributed by atoms with E-state index in [0.717, 1.165) is 12.8 Å². The zero-order valence-electron chi connectivity index (χ0n) is 15.6. The average molecular weight is 331 g/mol. The number of unbranched alkanes of at least 4 members (excludes halogenated alkanes) is 2. The van der Waals surface area contributed by atoms with Gasteiger partial charge in [-0.3, -0.25) is 4.79 Å². The van der Waals surface area contributed by atoms with Crippen molar-refractivity contribution >= 4 is 5.97 Å². The van der Waals surface area contributed by atoms with Crippen LogP contribution in [0.4, 0.5) is 0 Å². The van der Waals surface area contributed by atoms with Gasteiger partial charge in [0.1, 0.15) is 0 Å². The van der Waals surface area contributed by atoms with Crippen LogP contribution in [-0.4, -0.2) is 11.1 Å². The van der Waals surface area contributed by atoms with Crippen LogP contribution in [-0.2, 0) is 16.6 Å².